The highest BCUT2D eigenvalue weighted by atomic mass is 19.1. The number of nitrogens with zero attached hydrogens (tertiary/aromatic N) is 3. The van der Waals surface area contributed by atoms with Gasteiger partial charge < -0.3 is 15.0 Å². The quantitative estimate of drug-likeness (QED) is 0.544. The van der Waals surface area contributed by atoms with Crippen LogP contribution in [0.2, 0.25) is 0 Å². The second-order valence-electron chi connectivity index (χ2n) is 6.75. The summed E-state index contributed by atoms with van der Waals surface area (Å²) in [6.07, 6.45) is 1.89. The number of hydrogen-bond acceptors (Lipinski definition) is 3. The van der Waals surface area contributed by atoms with Crippen molar-refractivity contribution in [2.75, 3.05) is 19.5 Å². The SMILES string of the molecule is C=C/C(F)=C1/CCC(c2ccc(F)cc2F)N1C(=NC)Nc1ccc(OC)nc1C. The van der Waals surface area contributed by atoms with Gasteiger partial charge in [-0.15, -0.1) is 0 Å². The second kappa shape index (κ2) is 9.02. The molecular formula is C22H23F3N4O. The van der Waals surface area contributed by atoms with Crippen LogP contribution in [0.1, 0.15) is 30.1 Å². The van der Waals surface area contributed by atoms with Crippen molar-refractivity contribution in [3.8, 4) is 5.88 Å². The summed E-state index contributed by atoms with van der Waals surface area (Å²) in [5, 5.41) is 3.16. The fourth-order valence-electron chi connectivity index (χ4n) is 3.53. The molecule has 0 amide bonds. The molecule has 1 N–H and O–H groups in total. The molecule has 1 aliphatic heterocycles. The van der Waals surface area contributed by atoms with Crippen LogP contribution >= 0.6 is 0 Å². The van der Waals surface area contributed by atoms with Gasteiger partial charge in [-0.2, -0.15) is 0 Å². The van der Waals surface area contributed by atoms with Crippen LogP contribution in [0.25, 0.3) is 0 Å². The number of benzene rings is 1. The Morgan fingerprint density at radius 1 is 1.33 bits per heavy atom. The normalized spacial score (nSPS) is 18.4. The standard InChI is InChI=1S/C22H23F3N4O/c1-5-16(24)20-10-9-19(15-7-6-14(23)12-17(15)25)29(20)22(26-3)28-18-8-11-21(30-4)27-13(18)2/h5-8,11-12,19H,1,9-10H2,2-4H3,(H,26,28)/b20-16+. The Hall–Kier alpha value is -3.29. The molecule has 5 nitrogen and oxygen atoms in total. The van der Waals surface area contributed by atoms with E-state index in [1.54, 1.807) is 31.0 Å². The Morgan fingerprint density at radius 2 is 2.10 bits per heavy atom. The van der Waals surface area contributed by atoms with E-state index in [1.807, 2.05) is 0 Å². The van der Waals surface area contributed by atoms with E-state index in [1.165, 1.54) is 19.2 Å². The van der Waals surface area contributed by atoms with E-state index in [2.05, 4.69) is 21.9 Å². The molecule has 0 saturated carbocycles. The van der Waals surface area contributed by atoms with Crippen molar-refractivity contribution in [2.24, 2.45) is 4.99 Å². The lowest BCUT2D eigenvalue weighted by Crippen LogP contribution is -2.36. The van der Waals surface area contributed by atoms with E-state index in [0.29, 0.717) is 41.8 Å². The topological polar surface area (TPSA) is 49.8 Å². The monoisotopic (exact) mass is 416 g/mol. The maximum atomic E-state index is 14.6. The molecule has 0 aliphatic carbocycles. The average molecular weight is 416 g/mol. The summed E-state index contributed by atoms with van der Waals surface area (Å²) in [5.41, 5.74) is 1.87. The van der Waals surface area contributed by atoms with Gasteiger partial charge in [-0.25, -0.2) is 18.2 Å². The molecule has 0 radical (unpaired) electrons. The van der Waals surface area contributed by atoms with Crippen LogP contribution in [0.4, 0.5) is 18.9 Å². The highest BCUT2D eigenvalue weighted by Gasteiger charge is 2.36. The summed E-state index contributed by atoms with van der Waals surface area (Å²) in [6, 6.07) is 6.28. The summed E-state index contributed by atoms with van der Waals surface area (Å²) in [7, 11) is 3.07. The molecular weight excluding hydrogens is 393 g/mol. The number of pyridine rings is 1. The van der Waals surface area contributed by atoms with Gasteiger partial charge in [-0.3, -0.25) is 4.99 Å². The Morgan fingerprint density at radius 3 is 2.70 bits per heavy atom. The van der Waals surface area contributed by atoms with Crippen molar-refractivity contribution in [1.29, 1.82) is 0 Å². The zero-order chi connectivity index (χ0) is 21.8. The van der Waals surface area contributed by atoms with Gasteiger partial charge in [0.05, 0.1) is 30.2 Å². The Labute approximate surface area is 173 Å². The minimum Gasteiger partial charge on any atom is -0.481 e. The molecule has 8 heteroatoms. The first kappa shape index (κ1) is 21.4. The number of halogens is 3. The number of allylic oxidation sites excluding steroid dienone is 3. The largest absolute Gasteiger partial charge is 0.481 e. The van der Waals surface area contributed by atoms with E-state index in [4.69, 9.17) is 4.74 Å². The molecule has 1 fully saturated rings. The Balaban J connectivity index is 2.04. The van der Waals surface area contributed by atoms with Crippen molar-refractivity contribution in [3.05, 3.63) is 77.4 Å². The molecule has 2 heterocycles. The summed E-state index contributed by atoms with van der Waals surface area (Å²) >= 11 is 0. The molecule has 1 saturated heterocycles. The number of aromatic nitrogens is 1. The van der Waals surface area contributed by atoms with Crippen molar-refractivity contribution in [1.82, 2.24) is 9.88 Å². The first-order valence-electron chi connectivity index (χ1n) is 9.40. The maximum absolute atomic E-state index is 14.6. The number of methoxy groups -OCH3 is 1. The van der Waals surface area contributed by atoms with Crippen LogP contribution in [-0.4, -0.2) is 30.0 Å². The summed E-state index contributed by atoms with van der Waals surface area (Å²) in [6.45, 7) is 5.29. The lowest BCUT2D eigenvalue weighted by molar-refractivity contribution is 0.397. The van der Waals surface area contributed by atoms with Gasteiger partial charge in [0, 0.05) is 24.7 Å². The van der Waals surface area contributed by atoms with Crippen LogP contribution in [0.5, 0.6) is 5.88 Å². The molecule has 158 valence electrons. The van der Waals surface area contributed by atoms with Crippen LogP contribution in [0.3, 0.4) is 0 Å². The average Bonchev–Trinajstić information content (AvgIpc) is 3.16. The van der Waals surface area contributed by atoms with Crippen LogP contribution in [0.15, 0.2) is 59.5 Å². The van der Waals surface area contributed by atoms with Crippen molar-refractivity contribution < 1.29 is 17.9 Å². The molecule has 1 atom stereocenters. The number of rotatable bonds is 4. The second-order valence-corrected chi connectivity index (χ2v) is 6.75. The van der Waals surface area contributed by atoms with Crippen LogP contribution in [-0.2, 0) is 0 Å². The number of aryl methyl sites for hydroxylation is 1. The number of ether oxygens (including phenoxy) is 1. The summed E-state index contributed by atoms with van der Waals surface area (Å²) in [5.74, 6) is -1.12. The predicted octanol–water partition coefficient (Wildman–Crippen LogP) is 5.28. The number of anilines is 1. The van der Waals surface area contributed by atoms with Gasteiger partial charge in [0.25, 0.3) is 0 Å². The smallest absolute Gasteiger partial charge is 0.213 e. The third kappa shape index (κ3) is 4.17. The highest BCUT2D eigenvalue weighted by molar-refractivity contribution is 5.95. The lowest BCUT2D eigenvalue weighted by atomic mass is 10.0. The van der Waals surface area contributed by atoms with Crippen molar-refractivity contribution >= 4 is 11.6 Å². The summed E-state index contributed by atoms with van der Waals surface area (Å²) < 4.78 is 47.7. The number of likely N-dealkylation sites (tertiary alicyclic amines) is 1. The van der Waals surface area contributed by atoms with Gasteiger partial charge in [-0.1, -0.05) is 12.6 Å². The molecule has 0 bridgehead atoms. The first-order valence-corrected chi connectivity index (χ1v) is 9.40. The maximum Gasteiger partial charge on any atom is 0.213 e. The minimum absolute atomic E-state index is 0.260. The van der Waals surface area contributed by atoms with Crippen LogP contribution in [0, 0.1) is 18.6 Å². The van der Waals surface area contributed by atoms with E-state index in [0.717, 1.165) is 12.1 Å². The molecule has 1 unspecified atom stereocenters. The van der Waals surface area contributed by atoms with Gasteiger partial charge in [0.1, 0.15) is 17.5 Å². The van der Waals surface area contributed by atoms with Crippen molar-refractivity contribution in [2.45, 2.75) is 25.8 Å². The van der Waals surface area contributed by atoms with Crippen LogP contribution < -0.4 is 10.1 Å². The molecule has 30 heavy (non-hydrogen) atoms. The number of guanidine groups is 1. The zero-order valence-corrected chi connectivity index (χ0v) is 17.0. The first-order chi connectivity index (χ1) is 14.4. The third-order valence-electron chi connectivity index (χ3n) is 4.99. The van der Waals surface area contributed by atoms with Gasteiger partial charge in [0.2, 0.25) is 11.8 Å². The molecule has 1 aliphatic rings. The fraction of sp³-hybridized carbons (Fsp3) is 0.273. The number of hydrogen-bond donors (Lipinski definition) is 1. The van der Waals surface area contributed by atoms with Crippen molar-refractivity contribution in [3.63, 3.8) is 0 Å². The minimum atomic E-state index is -0.692. The van der Waals surface area contributed by atoms with Gasteiger partial charge in [0.15, 0.2) is 0 Å². The van der Waals surface area contributed by atoms with Gasteiger partial charge in [-0.05, 0) is 38.0 Å². The number of aliphatic imine (C=N–C) groups is 1. The van der Waals surface area contributed by atoms with E-state index in [-0.39, 0.29) is 5.56 Å². The molecule has 1 aromatic carbocycles. The van der Waals surface area contributed by atoms with E-state index >= 15 is 0 Å². The van der Waals surface area contributed by atoms with Gasteiger partial charge >= 0.3 is 0 Å². The van der Waals surface area contributed by atoms with E-state index in [9.17, 15) is 13.2 Å². The fourth-order valence-corrected chi connectivity index (χ4v) is 3.53. The molecule has 2 aromatic rings. The Bertz CT molecular complexity index is 1020. The molecule has 1 aromatic heterocycles. The lowest BCUT2D eigenvalue weighted by Gasteiger charge is -2.30. The predicted molar refractivity (Wildman–Crippen MR) is 111 cm³/mol. The Kier molecular flexibility index (Phi) is 6.44. The molecule has 3 rings (SSSR count). The highest BCUT2D eigenvalue weighted by Crippen LogP contribution is 2.41. The third-order valence-corrected chi connectivity index (χ3v) is 4.99. The summed E-state index contributed by atoms with van der Waals surface area (Å²) in [4.78, 5) is 10.2. The van der Waals surface area contributed by atoms with E-state index < -0.39 is 23.5 Å². The molecule has 0 spiro atoms. The number of nitrogens with one attached hydrogen (secondary N) is 1. The zero-order valence-electron chi connectivity index (χ0n) is 17.0.